The van der Waals surface area contributed by atoms with E-state index in [4.69, 9.17) is 0 Å². The fraction of sp³-hybridized carbons (Fsp3) is 0.583. The third-order valence-electron chi connectivity index (χ3n) is 7.76. The summed E-state index contributed by atoms with van der Waals surface area (Å²) in [5.74, 6) is 0. The highest BCUT2D eigenvalue weighted by Gasteiger charge is 2.54. The van der Waals surface area contributed by atoms with Crippen molar-refractivity contribution in [1.82, 2.24) is 0 Å². The van der Waals surface area contributed by atoms with E-state index in [0.717, 1.165) is 5.54 Å². The number of aryl methyl sites for hydroxylation is 2. The van der Waals surface area contributed by atoms with Gasteiger partial charge in [0.05, 0.1) is 0 Å². The molecule has 1 heteroatoms. The first kappa shape index (κ1) is 18.7. The molecule has 2 aliphatic rings. The summed E-state index contributed by atoms with van der Waals surface area (Å²) in [4.78, 5) is 0. The second-order valence-corrected chi connectivity index (χ2v) is 14.0. The molecule has 25 heavy (non-hydrogen) atoms. The summed E-state index contributed by atoms with van der Waals surface area (Å²) in [7, 11) is -1.76. The molecule has 2 aliphatic carbocycles. The highest BCUT2D eigenvalue weighted by atomic mass is 28.3. The normalized spacial score (nSPS) is 27.4. The Morgan fingerprint density at radius 1 is 0.880 bits per heavy atom. The van der Waals surface area contributed by atoms with E-state index < -0.39 is 8.07 Å². The Morgan fingerprint density at radius 3 is 1.92 bits per heavy atom. The Kier molecular flexibility index (Phi) is 4.92. The molecule has 1 aromatic carbocycles. The van der Waals surface area contributed by atoms with E-state index in [1.807, 2.05) is 0 Å². The molecule has 1 saturated carbocycles. The average molecular weight is 353 g/mol. The summed E-state index contributed by atoms with van der Waals surface area (Å²) in [6.45, 7) is 16.9. The van der Waals surface area contributed by atoms with Gasteiger partial charge in [0.25, 0.3) is 0 Å². The van der Waals surface area contributed by atoms with E-state index in [1.54, 1.807) is 16.3 Å². The highest BCUT2D eigenvalue weighted by molar-refractivity contribution is 6.95. The van der Waals surface area contributed by atoms with Gasteiger partial charge in [-0.15, -0.1) is 0 Å². The van der Waals surface area contributed by atoms with E-state index in [2.05, 4.69) is 72.4 Å². The predicted molar refractivity (Wildman–Crippen MR) is 115 cm³/mol. The zero-order valence-corrected chi connectivity index (χ0v) is 18.4. The maximum Gasteiger partial charge on any atom is 0.101 e. The highest BCUT2D eigenvalue weighted by Crippen LogP contribution is 2.58. The molecule has 0 heterocycles. The van der Waals surface area contributed by atoms with Crippen LogP contribution < -0.4 is 5.19 Å². The van der Waals surface area contributed by atoms with Crippen molar-refractivity contribution in [3.8, 4) is 0 Å². The minimum absolute atomic E-state index is 0.253. The largest absolute Gasteiger partial charge is 0.101 e. The number of rotatable bonds is 3. The smallest absolute Gasteiger partial charge is 0.0737 e. The van der Waals surface area contributed by atoms with E-state index >= 15 is 0 Å². The number of hydrogen-bond donors (Lipinski definition) is 0. The Balaban J connectivity index is 2.23. The van der Waals surface area contributed by atoms with Gasteiger partial charge < -0.3 is 0 Å². The summed E-state index contributed by atoms with van der Waals surface area (Å²) in [6, 6.07) is 7.40. The van der Waals surface area contributed by atoms with Gasteiger partial charge in [-0.25, -0.2) is 0 Å². The number of hydrogen-bond acceptors (Lipinski definition) is 0. The van der Waals surface area contributed by atoms with Crippen molar-refractivity contribution in [2.45, 2.75) is 90.8 Å². The second kappa shape index (κ2) is 6.58. The number of allylic oxidation sites excluding steroid dienone is 4. The maximum absolute atomic E-state index is 2.71. The molecular formula is C24H36Si. The fourth-order valence-electron chi connectivity index (χ4n) is 5.79. The van der Waals surface area contributed by atoms with Gasteiger partial charge in [-0.3, -0.25) is 0 Å². The van der Waals surface area contributed by atoms with Crippen LogP contribution in [0.1, 0.15) is 70.9 Å². The molecule has 2 atom stereocenters. The van der Waals surface area contributed by atoms with Crippen LogP contribution in [0.3, 0.4) is 0 Å². The zero-order chi connectivity index (χ0) is 18.4. The Bertz CT molecular complexity index is 712. The molecule has 0 aliphatic heterocycles. The van der Waals surface area contributed by atoms with E-state index in [0.29, 0.717) is 0 Å². The van der Waals surface area contributed by atoms with Crippen molar-refractivity contribution in [3.63, 3.8) is 0 Å². The lowest BCUT2D eigenvalue weighted by Gasteiger charge is -2.50. The molecule has 0 aromatic heterocycles. The standard InChI is InChI=1S/C24H36Si/c1-17-13-18(2)15-23(14-17)25(7,22-11-9-8-10-12-22)24(6)16-19(3)20(4)21(24)5/h13-16,22H,8-12H2,1-7H3. The van der Waals surface area contributed by atoms with Gasteiger partial charge in [0.15, 0.2) is 0 Å². The van der Waals surface area contributed by atoms with Crippen molar-refractivity contribution in [1.29, 1.82) is 0 Å². The average Bonchev–Trinajstić information content (AvgIpc) is 2.78. The van der Waals surface area contributed by atoms with Crippen LogP contribution in [-0.4, -0.2) is 8.07 Å². The van der Waals surface area contributed by atoms with Crippen LogP contribution in [-0.2, 0) is 0 Å². The summed E-state index contributed by atoms with van der Waals surface area (Å²) >= 11 is 0. The lowest BCUT2D eigenvalue weighted by Crippen LogP contribution is -2.58. The molecule has 1 aromatic rings. The Hall–Kier alpha value is -1.08. The lowest BCUT2D eigenvalue weighted by molar-refractivity contribution is 0.486. The first-order chi connectivity index (χ1) is 11.7. The minimum atomic E-state index is -1.76. The monoisotopic (exact) mass is 352 g/mol. The van der Waals surface area contributed by atoms with Crippen molar-refractivity contribution in [3.05, 3.63) is 52.1 Å². The van der Waals surface area contributed by atoms with Crippen LogP contribution in [0.2, 0.25) is 17.1 Å². The van der Waals surface area contributed by atoms with Crippen molar-refractivity contribution in [2.75, 3.05) is 0 Å². The molecule has 3 rings (SSSR count). The first-order valence-electron chi connectivity index (χ1n) is 10.2. The number of benzene rings is 1. The van der Waals surface area contributed by atoms with Crippen molar-refractivity contribution < 1.29 is 0 Å². The minimum Gasteiger partial charge on any atom is -0.0737 e. The SMILES string of the molecule is CC1=CC(C)([Si](C)(c2cc(C)cc(C)c2)C2CCCCC2)C(C)=C1C. The Labute approximate surface area is 156 Å². The molecule has 0 saturated heterocycles. The van der Waals surface area contributed by atoms with E-state index in [1.165, 1.54) is 48.8 Å². The van der Waals surface area contributed by atoms with E-state index in [9.17, 15) is 0 Å². The predicted octanol–water partition coefficient (Wildman–Crippen LogP) is 6.98. The van der Waals surface area contributed by atoms with Crippen LogP contribution in [0, 0.1) is 13.8 Å². The molecule has 1 fully saturated rings. The third kappa shape index (κ3) is 2.89. The Morgan fingerprint density at radius 2 is 1.44 bits per heavy atom. The van der Waals surface area contributed by atoms with Crippen LogP contribution in [0.15, 0.2) is 41.0 Å². The van der Waals surface area contributed by atoms with Crippen LogP contribution in [0.5, 0.6) is 0 Å². The molecule has 0 nitrogen and oxygen atoms in total. The molecule has 0 amide bonds. The topological polar surface area (TPSA) is 0 Å². The molecule has 0 spiro atoms. The van der Waals surface area contributed by atoms with Crippen molar-refractivity contribution >= 4 is 13.3 Å². The molecular weight excluding hydrogens is 316 g/mol. The summed E-state index contributed by atoms with van der Waals surface area (Å²) in [5.41, 5.74) is 8.47. The third-order valence-corrected chi connectivity index (χ3v) is 14.1. The maximum atomic E-state index is 2.71. The van der Waals surface area contributed by atoms with Gasteiger partial charge >= 0.3 is 0 Å². The van der Waals surface area contributed by atoms with Crippen molar-refractivity contribution in [2.24, 2.45) is 0 Å². The molecule has 0 radical (unpaired) electrons. The van der Waals surface area contributed by atoms with E-state index in [-0.39, 0.29) is 5.04 Å². The fourth-order valence-corrected chi connectivity index (χ4v) is 11.8. The van der Waals surface area contributed by atoms with Gasteiger partial charge in [0.2, 0.25) is 0 Å². The van der Waals surface area contributed by atoms with Crippen LogP contribution >= 0.6 is 0 Å². The van der Waals surface area contributed by atoms with Gasteiger partial charge in [-0.05, 0) is 45.7 Å². The van der Waals surface area contributed by atoms with Gasteiger partial charge in [-0.1, -0.05) is 97.3 Å². The molecule has 0 N–H and O–H groups in total. The van der Waals surface area contributed by atoms with Crippen LogP contribution in [0.25, 0.3) is 0 Å². The van der Waals surface area contributed by atoms with Gasteiger partial charge in [-0.2, -0.15) is 0 Å². The van der Waals surface area contributed by atoms with Crippen LogP contribution in [0.4, 0.5) is 0 Å². The summed E-state index contributed by atoms with van der Waals surface area (Å²) in [6.07, 6.45) is 9.82. The summed E-state index contributed by atoms with van der Waals surface area (Å²) in [5, 5.41) is 1.95. The van der Waals surface area contributed by atoms with Gasteiger partial charge in [0, 0.05) is 5.04 Å². The second-order valence-electron chi connectivity index (χ2n) is 9.19. The molecule has 2 unspecified atom stereocenters. The lowest BCUT2D eigenvalue weighted by atomic mass is 10.00. The molecule has 0 bridgehead atoms. The summed E-state index contributed by atoms with van der Waals surface area (Å²) < 4.78 is 0. The first-order valence-corrected chi connectivity index (χ1v) is 12.7. The van der Waals surface area contributed by atoms with Gasteiger partial charge in [0.1, 0.15) is 8.07 Å². The quantitative estimate of drug-likeness (QED) is 0.515. The molecule has 136 valence electrons. The zero-order valence-electron chi connectivity index (χ0n) is 17.4.